The monoisotopic (exact) mass is 752 g/mol. The van der Waals surface area contributed by atoms with Gasteiger partial charge in [-0.2, -0.15) is 13.2 Å². The summed E-state index contributed by atoms with van der Waals surface area (Å²) in [6.07, 6.45) is -8.04. The molecule has 54 heavy (non-hydrogen) atoms. The molecule has 0 aliphatic carbocycles. The first-order chi connectivity index (χ1) is 25.5. The maximum absolute atomic E-state index is 13.0. The van der Waals surface area contributed by atoms with E-state index in [0.29, 0.717) is 22.5 Å². The van der Waals surface area contributed by atoms with Crippen molar-refractivity contribution >= 4 is 47.8 Å². The largest absolute Gasteiger partial charge is 0.414 e. The number of halogens is 3. The lowest BCUT2D eigenvalue weighted by Crippen LogP contribution is -2.51. The van der Waals surface area contributed by atoms with Crippen molar-refractivity contribution in [2.75, 3.05) is 9.80 Å². The quantitative estimate of drug-likeness (QED) is 0.122. The Morgan fingerprint density at radius 2 is 1.20 bits per heavy atom. The highest BCUT2D eigenvalue weighted by Gasteiger charge is 2.52. The third-order valence-corrected chi connectivity index (χ3v) is 13.5. The van der Waals surface area contributed by atoms with Crippen molar-refractivity contribution in [1.82, 2.24) is 0 Å². The van der Waals surface area contributed by atoms with Crippen molar-refractivity contribution in [1.29, 1.82) is 0 Å². The molecule has 0 radical (unpaired) electrons. The summed E-state index contributed by atoms with van der Waals surface area (Å²) < 4.78 is 38.5. The van der Waals surface area contributed by atoms with Gasteiger partial charge >= 0.3 is 6.18 Å². The zero-order valence-electron chi connectivity index (χ0n) is 31.2. The van der Waals surface area contributed by atoms with Crippen molar-refractivity contribution in [3.8, 4) is 0 Å². The lowest BCUT2D eigenvalue weighted by atomic mass is 9.78. The van der Waals surface area contributed by atoms with Gasteiger partial charge in [0.1, 0.15) is 8.07 Å². The van der Waals surface area contributed by atoms with Crippen LogP contribution in [0.4, 0.5) is 35.9 Å². The number of benzene rings is 5. The van der Waals surface area contributed by atoms with Crippen LogP contribution in [0.15, 0.2) is 158 Å². The Morgan fingerprint density at radius 3 is 1.65 bits per heavy atom. The second-order valence-electron chi connectivity index (χ2n) is 13.9. The van der Waals surface area contributed by atoms with Gasteiger partial charge in [-0.1, -0.05) is 128 Å². The fourth-order valence-electron chi connectivity index (χ4n) is 5.98. The van der Waals surface area contributed by atoms with E-state index in [4.69, 9.17) is 0 Å². The summed E-state index contributed by atoms with van der Waals surface area (Å²) in [5.74, 6) is -0.564. The summed E-state index contributed by atoms with van der Waals surface area (Å²) >= 11 is 0. The van der Waals surface area contributed by atoms with Gasteiger partial charge in [-0.25, -0.2) is 0 Å². The van der Waals surface area contributed by atoms with E-state index in [2.05, 4.69) is 31.8 Å². The fourth-order valence-corrected chi connectivity index (χ4v) is 7.51. The Morgan fingerprint density at radius 1 is 0.778 bits per heavy atom. The standard InChI is InChI=1S/C18H16F3NO2.C16H15NO.C10H16OSi/c1-17(11-15(23)18(19,20)21)13-9-5-6-10-14(13)22(16(17)24)12-7-3-2-4-8-12;1-13(2)16(18)17(14-9-5-3-6-10-14)15-11-7-4-8-12-15;1-9(11)12(2,3)10-7-5-4-6-8-10/h2-10,15,23H,11H2,1H3;3-12H,1H2,2H3;4-9,11H,1-3H3. The third kappa shape index (κ3) is 9.62. The molecule has 3 unspecified atom stereocenters. The highest BCUT2D eigenvalue weighted by molar-refractivity contribution is 6.90. The molecule has 2 amide bonds. The summed E-state index contributed by atoms with van der Waals surface area (Å²) in [4.78, 5) is 28.3. The molecule has 5 aromatic carbocycles. The van der Waals surface area contributed by atoms with Gasteiger partial charge < -0.3 is 10.2 Å². The second-order valence-corrected chi connectivity index (χ2v) is 18.8. The van der Waals surface area contributed by atoms with Crippen LogP contribution in [0, 0.1) is 0 Å². The molecule has 1 aliphatic heterocycles. The smallest absolute Gasteiger partial charge is 0.396 e. The van der Waals surface area contributed by atoms with E-state index in [-0.39, 0.29) is 11.6 Å². The molecular weight excluding hydrogens is 706 g/mol. The van der Waals surface area contributed by atoms with E-state index < -0.39 is 38.1 Å². The number of aliphatic hydroxyl groups is 2. The first kappa shape index (κ1) is 41.5. The minimum Gasteiger partial charge on any atom is -0.396 e. The highest BCUT2D eigenvalue weighted by atomic mass is 28.3. The number of aliphatic hydroxyl groups excluding tert-OH is 2. The van der Waals surface area contributed by atoms with Gasteiger partial charge in [-0.15, -0.1) is 0 Å². The second kappa shape index (κ2) is 17.7. The number of carbonyl (C=O) groups excluding carboxylic acids is 2. The molecule has 6 nitrogen and oxygen atoms in total. The minimum absolute atomic E-state index is 0.0904. The summed E-state index contributed by atoms with van der Waals surface area (Å²) in [6, 6.07) is 45.0. The summed E-state index contributed by atoms with van der Waals surface area (Å²) in [7, 11) is -1.60. The van der Waals surface area contributed by atoms with Gasteiger partial charge in [-0.05, 0) is 68.8 Å². The van der Waals surface area contributed by atoms with E-state index >= 15 is 0 Å². The van der Waals surface area contributed by atoms with E-state index in [1.165, 1.54) is 17.0 Å². The zero-order valence-corrected chi connectivity index (χ0v) is 32.2. The van der Waals surface area contributed by atoms with Crippen LogP contribution < -0.4 is 15.0 Å². The van der Waals surface area contributed by atoms with Gasteiger partial charge in [-0.3, -0.25) is 19.4 Å². The van der Waals surface area contributed by atoms with Crippen LogP contribution in [0.3, 0.4) is 0 Å². The highest BCUT2D eigenvalue weighted by Crippen LogP contribution is 2.48. The van der Waals surface area contributed by atoms with Crippen LogP contribution in [0.2, 0.25) is 13.1 Å². The molecule has 1 aliphatic rings. The lowest BCUT2D eigenvalue weighted by Gasteiger charge is -2.27. The molecular formula is C44H47F3N2O4Si. The predicted octanol–water partition coefficient (Wildman–Crippen LogP) is 9.39. The first-order valence-electron chi connectivity index (χ1n) is 17.6. The Bertz CT molecular complexity index is 1950. The van der Waals surface area contributed by atoms with Crippen molar-refractivity contribution in [2.24, 2.45) is 0 Å². The number of para-hydroxylation sites is 4. The number of nitrogens with zero attached hydrogens (tertiary/aromatic N) is 2. The van der Waals surface area contributed by atoms with Crippen LogP contribution in [0.25, 0.3) is 0 Å². The molecule has 0 saturated heterocycles. The molecule has 0 fully saturated rings. The first-order valence-corrected chi connectivity index (χ1v) is 20.7. The Kier molecular flexibility index (Phi) is 13.6. The number of fused-ring (bicyclic) bond motifs is 1. The average Bonchev–Trinajstić information content (AvgIpc) is 3.38. The van der Waals surface area contributed by atoms with Crippen LogP contribution in [-0.4, -0.2) is 48.1 Å². The lowest BCUT2D eigenvalue weighted by molar-refractivity contribution is -0.209. The number of anilines is 4. The topological polar surface area (TPSA) is 81.1 Å². The van der Waals surface area contributed by atoms with Gasteiger partial charge in [0.15, 0.2) is 6.10 Å². The molecule has 6 rings (SSSR count). The number of alkyl halides is 3. The molecule has 1 heterocycles. The fraction of sp³-hybridized carbons (Fsp3) is 0.227. The van der Waals surface area contributed by atoms with E-state index in [1.807, 2.05) is 85.8 Å². The average molecular weight is 753 g/mol. The zero-order chi connectivity index (χ0) is 39.7. The number of rotatable bonds is 8. The molecule has 0 aromatic heterocycles. The Labute approximate surface area is 316 Å². The third-order valence-electron chi connectivity index (χ3n) is 9.57. The molecule has 2 N–H and O–H groups in total. The number of hydrogen-bond acceptors (Lipinski definition) is 4. The van der Waals surface area contributed by atoms with Crippen LogP contribution in [0.5, 0.6) is 0 Å². The van der Waals surface area contributed by atoms with Crippen molar-refractivity contribution < 1.29 is 33.0 Å². The van der Waals surface area contributed by atoms with E-state index in [0.717, 1.165) is 11.4 Å². The molecule has 0 spiro atoms. The SMILES string of the molecule is C=C(C)C(=O)N(c1ccccc1)c1ccccc1.CC(O)[Si](C)(C)c1ccccc1.CC1(CC(O)C(F)(F)F)C(=O)N(c2ccccc2)c2ccccc21. The molecule has 3 atom stereocenters. The summed E-state index contributed by atoms with van der Waals surface area (Å²) in [6.45, 7) is 13.2. The Hall–Kier alpha value is -5.29. The van der Waals surface area contributed by atoms with Crippen molar-refractivity contribution in [3.63, 3.8) is 0 Å². The molecule has 5 aromatic rings. The van der Waals surface area contributed by atoms with Gasteiger partial charge in [0.05, 0.1) is 11.1 Å². The van der Waals surface area contributed by atoms with Crippen molar-refractivity contribution in [2.45, 2.75) is 63.7 Å². The van der Waals surface area contributed by atoms with Gasteiger partial charge in [0.2, 0.25) is 5.91 Å². The molecule has 282 valence electrons. The maximum Gasteiger partial charge on any atom is 0.414 e. The van der Waals surface area contributed by atoms with Crippen molar-refractivity contribution in [3.05, 3.63) is 163 Å². The molecule has 0 bridgehead atoms. The van der Waals surface area contributed by atoms with Crippen LogP contribution in [-0.2, 0) is 15.0 Å². The van der Waals surface area contributed by atoms with Gasteiger partial charge in [0, 0.05) is 34.8 Å². The van der Waals surface area contributed by atoms with E-state index in [9.17, 15) is 33.0 Å². The van der Waals surface area contributed by atoms with E-state index in [1.54, 1.807) is 66.4 Å². The number of amides is 2. The van der Waals surface area contributed by atoms with Gasteiger partial charge in [0.25, 0.3) is 5.91 Å². The molecule has 0 saturated carbocycles. The Balaban J connectivity index is 0.000000192. The van der Waals surface area contributed by atoms with Crippen LogP contribution in [0.1, 0.15) is 32.8 Å². The minimum atomic E-state index is -4.77. The normalized spacial score (nSPS) is 16.1. The summed E-state index contributed by atoms with van der Waals surface area (Å²) in [5, 5.41) is 20.4. The summed E-state index contributed by atoms with van der Waals surface area (Å²) in [5.41, 5.74) is 2.20. The number of carbonyl (C=O) groups is 2. The predicted molar refractivity (Wildman–Crippen MR) is 214 cm³/mol. The molecule has 10 heteroatoms. The maximum atomic E-state index is 13.0. The number of hydrogen-bond donors (Lipinski definition) is 2. The van der Waals surface area contributed by atoms with Crippen LogP contribution >= 0.6 is 0 Å².